The molecule has 62 valence electrons. The Bertz CT molecular complexity index is 170. The molecule has 0 radical (unpaired) electrons. The predicted molar refractivity (Wildman–Crippen MR) is 47.3 cm³/mol. The van der Waals surface area contributed by atoms with Crippen LogP contribution in [0.5, 0.6) is 0 Å². The average Bonchev–Trinajstić information content (AvgIpc) is 2.05. The number of aliphatic hydroxyl groups excluding tert-OH is 1. The summed E-state index contributed by atoms with van der Waals surface area (Å²) in [6.07, 6.45) is 7.41. The van der Waals surface area contributed by atoms with E-state index in [1.54, 1.807) is 0 Å². The maximum absolute atomic E-state index is 9.60. The molecular formula is C10H16O. The van der Waals surface area contributed by atoms with E-state index in [0.29, 0.717) is 5.92 Å². The van der Waals surface area contributed by atoms with E-state index in [-0.39, 0.29) is 6.10 Å². The molecule has 1 heteroatoms. The number of aliphatic hydroxyl groups is 1. The first kappa shape index (κ1) is 8.54. The highest BCUT2D eigenvalue weighted by molar-refractivity contribution is 5.07. The molecule has 0 saturated carbocycles. The van der Waals surface area contributed by atoms with E-state index in [1.165, 1.54) is 12.8 Å². The minimum Gasteiger partial charge on any atom is -0.388 e. The predicted octanol–water partition coefficient (Wildman–Crippen LogP) is 2.28. The van der Waals surface area contributed by atoms with Crippen molar-refractivity contribution < 1.29 is 5.11 Å². The monoisotopic (exact) mass is 152 g/mol. The lowest BCUT2D eigenvalue weighted by Gasteiger charge is -2.22. The van der Waals surface area contributed by atoms with Crippen LogP contribution < -0.4 is 0 Å². The van der Waals surface area contributed by atoms with Crippen molar-refractivity contribution >= 4 is 0 Å². The zero-order valence-electron chi connectivity index (χ0n) is 7.09. The van der Waals surface area contributed by atoms with Gasteiger partial charge in [0.25, 0.3) is 0 Å². The summed E-state index contributed by atoms with van der Waals surface area (Å²) in [5, 5.41) is 9.60. The molecule has 0 aliphatic heterocycles. The van der Waals surface area contributed by atoms with Crippen LogP contribution in [0, 0.1) is 5.92 Å². The van der Waals surface area contributed by atoms with E-state index in [1.807, 2.05) is 6.92 Å². The van der Waals surface area contributed by atoms with E-state index in [9.17, 15) is 5.11 Å². The fourth-order valence-electron chi connectivity index (χ4n) is 1.47. The highest BCUT2D eigenvalue weighted by Crippen LogP contribution is 2.23. The summed E-state index contributed by atoms with van der Waals surface area (Å²) < 4.78 is 0. The molecule has 1 aliphatic carbocycles. The minimum atomic E-state index is -0.327. The van der Waals surface area contributed by atoms with Crippen molar-refractivity contribution in [3.8, 4) is 0 Å². The Labute approximate surface area is 68.4 Å². The molecule has 1 N–H and O–H groups in total. The van der Waals surface area contributed by atoms with Crippen molar-refractivity contribution in [3.63, 3.8) is 0 Å². The van der Waals surface area contributed by atoms with Crippen LogP contribution in [0.2, 0.25) is 0 Å². The zero-order valence-corrected chi connectivity index (χ0v) is 7.09. The Morgan fingerprint density at radius 3 is 2.91 bits per heavy atom. The van der Waals surface area contributed by atoms with Gasteiger partial charge in [0.15, 0.2) is 0 Å². The quantitative estimate of drug-likeness (QED) is 0.602. The van der Waals surface area contributed by atoms with Gasteiger partial charge in [0, 0.05) is 5.92 Å². The molecule has 1 rings (SSSR count). The molecule has 0 heterocycles. The van der Waals surface area contributed by atoms with Crippen LogP contribution in [0.25, 0.3) is 0 Å². The largest absolute Gasteiger partial charge is 0.388 e. The second-order valence-corrected chi connectivity index (χ2v) is 3.31. The lowest BCUT2D eigenvalue weighted by atomic mass is 9.88. The molecule has 2 atom stereocenters. The van der Waals surface area contributed by atoms with Crippen LogP contribution in [0.15, 0.2) is 24.3 Å². The number of rotatable bonds is 2. The van der Waals surface area contributed by atoms with Crippen molar-refractivity contribution in [2.75, 3.05) is 0 Å². The van der Waals surface area contributed by atoms with Gasteiger partial charge >= 0.3 is 0 Å². The van der Waals surface area contributed by atoms with E-state index in [2.05, 4.69) is 18.7 Å². The first-order valence-electron chi connectivity index (χ1n) is 4.22. The van der Waals surface area contributed by atoms with Gasteiger partial charge < -0.3 is 5.11 Å². The highest BCUT2D eigenvalue weighted by Gasteiger charge is 2.17. The van der Waals surface area contributed by atoms with E-state index >= 15 is 0 Å². The van der Waals surface area contributed by atoms with Crippen LogP contribution in [0.1, 0.15) is 26.2 Å². The molecular weight excluding hydrogens is 136 g/mol. The molecule has 1 nitrogen and oxygen atoms in total. The van der Waals surface area contributed by atoms with Crippen LogP contribution in [-0.2, 0) is 0 Å². The molecule has 0 fully saturated rings. The van der Waals surface area contributed by atoms with Gasteiger partial charge in [-0.05, 0) is 26.2 Å². The average molecular weight is 152 g/mol. The summed E-state index contributed by atoms with van der Waals surface area (Å²) >= 11 is 0. The van der Waals surface area contributed by atoms with Crippen molar-refractivity contribution in [1.29, 1.82) is 0 Å². The van der Waals surface area contributed by atoms with Gasteiger partial charge in [-0.3, -0.25) is 0 Å². The van der Waals surface area contributed by atoms with Crippen LogP contribution in [0.4, 0.5) is 0 Å². The molecule has 0 amide bonds. The van der Waals surface area contributed by atoms with E-state index < -0.39 is 0 Å². The van der Waals surface area contributed by atoms with Crippen molar-refractivity contribution in [3.05, 3.63) is 24.3 Å². The molecule has 0 bridgehead atoms. The van der Waals surface area contributed by atoms with Crippen molar-refractivity contribution in [2.45, 2.75) is 32.3 Å². The Morgan fingerprint density at radius 1 is 1.73 bits per heavy atom. The summed E-state index contributed by atoms with van der Waals surface area (Å²) in [6.45, 7) is 5.63. The first-order chi connectivity index (χ1) is 5.22. The Kier molecular flexibility index (Phi) is 2.89. The van der Waals surface area contributed by atoms with Gasteiger partial charge in [0.2, 0.25) is 0 Å². The van der Waals surface area contributed by atoms with Crippen molar-refractivity contribution in [1.82, 2.24) is 0 Å². The maximum Gasteiger partial charge on any atom is 0.0807 e. The smallest absolute Gasteiger partial charge is 0.0807 e. The lowest BCUT2D eigenvalue weighted by Crippen LogP contribution is -2.20. The zero-order chi connectivity index (χ0) is 8.27. The summed E-state index contributed by atoms with van der Waals surface area (Å²) in [5.74, 6) is 0.321. The Hall–Kier alpha value is -0.560. The van der Waals surface area contributed by atoms with Gasteiger partial charge in [0.1, 0.15) is 0 Å². The third-order valence-electron chi connectivity index (χ3n) is 2.20. The summed E-state index contributed by atoms with van der Waals surface area (Å²) in [6, 6.07) is 0. The third kappa shape index (κ3) is 2.19. The molecule has 0 saturated heterocycles. The molecule has 0 spiro atoms. The first-order valence-corrected chi connectivity index (χ1v) is 4.22. The Balaban J connectivity index is 2.52. The third-order valence-corrected chi connectivity index (χ3v) is 2.20. The molecule has 0 aromatic heterocycles. The molecule has 0 aromatic carbocycles. The van der Waals surface area contributed by atoms with Crippen LogP contribution >= 0.6 is 0 Å². The van der Waals surface area contributed by atoms with Gasteiger partial charge in [-0.25, -0.2) is 0 Å². The standard InChI is InChI=1S/C10H16O/c1-8(2)10(11)9-6-4-3-5-7-9/h4,6,9-11H,1,3,5,7H2,2H3. The van der Waals surface area contributed by atoms with Gasteiger partial charge in [-0.15, -0.1) is 0 Å². The lowest BCUT2D eigenvalue weighted by molar-refractivity contribution is 0.156. The highest BCUT2D eigenvalue weighted by atomic mass is 16.3. The number of allylic oxidation sites excluding steroid dienone is 1. The van der Waals surface area contributed by atoms with Crippen LogP contribution in [-0.4, -0.2) is 11.2 Å². The van der Waals surface area contributed by atoms with Gasteiger partial charge in [-0.1, -0.05) is 24.3 Å². The molecule has 2 unspecified atom stereocenters. The SMILES string of the molecule is C=C(C)C(O)C1C=CCCC1. The van der Waals surface area contributed by atoms with E-state index in [0.717, 1.165) is 12.0 Å². The number of hydrogen-bond acceptors (Lipinski definition) is 1. The second-order valence-electron chi connectivity index (χ2n) is 3.31. The summed E-state index contributed by atoms with van der Waals surface area (Å²) in [4.78, 5) is 0. The topological polar surface area (TPSA) is 20.2 Å². The fourth-order valence-corrected chi connectivity index (χ4v) is 1.47. The van der Waals surface area contributed by atoms with Gasteiger partial charge in [-0.2, -0.15) is 0 Å². The second kappa shape index (κ2) is 3.72. The molecule has 1 aliphatic rings. The Morgan fingerprint density at radius 2 is 2.45 bits per heavy atom. The maximum atomic E-state index is 9.60. The number of hydrogen-bond donors (Lipinski definition) is 1. The van der Waals surface area contributed by atoms with Crippen LogP contribution in [0.3, 0.4) is 0 Å². The fraction of sp³-hybridized carbons (Fsp3) is 0.600. The molecule has 0 aromatic rings. The summed E-state index contributed by atoms with van der Waals surface area (Å²) in [7, 11) is 0. The molecule has 11 heavy (non-hydrogen) atoms. The van der Waals surface area contributed by atoms with E-state index in [4.69, 9.17) is 0 Å². The van der Waals surface area contributed by atoms with Crippen molar-refractivity contribution in [2.24, 2.45) is 5.92 Å². The summed E-state index contributed by atoms with van der Waals surface area (Å²) in [5.41, 5.74) is 0.876. The van der Waals surface area contributed by atoms with Gasteiger partial charge in [0.05, 0.1) is 6.10 Å². The minimum absolute atomic E-state index is 0.321. The normalized spacial score (nSPS) is 26.5.